The molecule has 134 valence electrons. The van der Waals surface area contributed by atoms with Crippen molar-refractivity contribution in [3.63, 3.8) is 0 Å². The van der Waals surface area contributed by atoms with Crippen molar-refractivity contribution in [3.8, 4) is 0 Å². The molecule has 0 amide bonds. The van der Waals surface area contributed by atoms with Gasteiger partial charge in [0.2, 0.25) is 0 Å². The van der Waals surface area contributed by atoms with Crippen LogP contribution in [0.25, 0.3) is 0 Å². The lowest BCUT2D eigenvalue weighted by molar-refractivity contribution is -0.149. The predicted molar refractivity (Wildman–Crippen MR) is 103 cm³/mol. The van der Waals surface area contributed by atoms with Crippen molar-refractivity contribution < 1.29 is 13.9 Å². The van der Waals surface area contributed by atoms with Crippen LogP contribution in [-0.2, 0) is 16.1 Å². The highest BCUT2D eigenvalue weighted by Gasteiger charge is 2.28. The summed E-state index contributed by atoms with van der Waals surface area (Å²) in [6, 6.07) is 6.47. The topological polar surface area (TPSA) is 53.9 Å². The van der Waals surface area contributed by atoms with Crippen molar-refractivity contribution in [1.29, 1.82) is 0 Å². The summed E-state index contributed by atoms with van der Waals surface area (Å²) in [5.41, 5.74) is 0.852. The summed E-state index contributed by atoms with van der Waals surface area (Å²) < 4.78 is 18.3. The number of ether oxygens (including phenoxy) is 1. The molecule has 0 bridgehead atoms. The third-order valence-electron chi connectivity index (χ3n) is 3.89. The van der Waals surface area contributed by atoms with Crippen LogP contribution >= 0.6 is 24.0 Å². The van der Waals surface area contributed by atoms with E-state index in [-0.39, 0.29) is 41.7 Å². The van der Waals surface area contributed by atoms with Gasteiger partial charge in [0.25, 0.3) is 0 Å². The summed E-state index contributed by atoms with van der Waals surface area (Å²) in [7, 11) is 1.71. The molecule has 1 heterocycles. The Morgan fingerprint density at radius 1 is 1.50 bits per heavy atom. The van der Waals surface area contributed by atoms with Crippen LogP contribution in [0, 0.1) is 11.7 Å². The number of nitrogens with one attached hydrogen (secondary N) is 1. The normalized spacial score (nSPS) is 17.9. The van der Waals surface area contributed by atoms with Crippen LogP contribution in [0.4, 0.5) is 4.39 Å². The van der Waals surface area contributed by atoms with Gasteiger partial charge in [-0.1, -0.05) is 12.1 Å². The molecule has 0 aromatic heterocycles. The number of halogens is 2. The zero-order valence-electron chi connectivity index (χ0n) is 14.1. The van der Waals surface area contributed by atoms with Crippen LogP contribution in [0.1, 0.15) is 25.3 Å². The fourth-order valence-electron chi connectivity index (χ4n) is 2.78. The maximum Gasteiger partial charge on any atom is 0.310 e. The molecular weight excluding hydrogens is 424 g/mol. The maximum atomic E-state index is 13.2. The fourth-order valence-corrected chi connectivity index (χ4v) is 2.78. The van der Waals surface area contributed by atoms with Crippen molar-refractivity contribution >= 4 is 35.9 Å². The number of carbonyl (C=O) groups is 1. The summed E-state index contributed by atoms with van der Waals surface area (Å²) in [6.45, 7) is 4.16. The van der Waals surface area contributed by atoms with Crippen LogP contribution in [0.15, 0.2) is 29.3 Å². The van der Waals surface area contributed by atoms with Gasteiger partial charge in [0.05, 0.1) is 12.5 Å². The number of piperidine rings is 1. The molecule has 2 rings (SSSR count). The first-order valence-electron chi connectivity index (χ1n) is 8.00. The molecule has 7 heteroatoms. The number of aliphatic imine (C=N–C) groups is 1. The van der Waals surface area contributed by atoms with E-state index in [0.717, 1.165) is 30.9 Å². The van der Waals surface area contributed by atoms with Crippen LogP contribution in [0.5, 0.6) is 0 Å². The summed E-state index contributed by atoms with van der Waals surface area (Å²) in [6.07, 6.45) is 1.76. The Bertz CT molecular complexity index is 569. The first-order valence-corrected chi connectivity index (χ1v) is 8.00. The fraction of sp³-hybridized carbons (Fsp3) is 0.529. The molecule has 1 aliphatic rings. The Labute approximate surface area is 159 Å². The molecule has 5 nitrogen and oxygen atoms in total. The first-order chi connectivity index (χ1) is 11.1. The number of nitrogens with zero attached hydrogens (tertiary/aromatic N) is 2. The van der Waals surface area contributed by atoms with E-state index in [9.17, 15) is 9.18 Å². The third kappa shape index (κ3) is 5.92. The maximum absolute atomic E-state index is 13.2. The van der Waals surface area contributed by atoms with Crippen molar-refractivity contribution in [3.05, 3.63) is 35.6 Å². The third-order valence-corrected chi connectivity index (χ3v) is 3.89. The standard InChI is InChI=1S/C17H24FN3O2.HI/c1-3-23-16(22)14-7-5-9-21(12-14)17(19-2)20-11-13-6-4-8-15(18)10-13;/h4,6,8,10,14H,3,5,7,9,11-12H2,1-2H3,(H,19,20);1H. The van der Waals surface area contributed by atoms with Gasteiger partial charge < -0.3 is 15.0 Å². The Hall–Kier alpha value is -1.38. The molecule has 0 saturated carbocycles. The molecular formula is C17H25FIN3O2. The van der Waals surface area contributed by atoms with Crippen molar-refractivity contribution in [2.24, 2.45) is 10.9 Å². The Balaban J connectivity index is 0.00000288. The van der Waals surface area contributed by atoms with Crippen molar-refractivity contribution in [2.75, 3.05) is 26.7 Å². The number of likely N-dealkylation sites (tertiary alicyclic amines) is 1. The lowest BCUT2D eigenvalue weighted by Crippen LogP contribution is -2.48. The van der Waals surface area contributed by atoms with Crippen LogP contribution in [0.2, 0.25) is 0 Å². The van der Waals surface area contributed by atoms with Gasteiger partial charge >= 0.3 is 5.97 Å². The number of hydrogen-bond acceptors (Lipinski definition) is 3. The van der Waals surface area contributed by atoms with Crippen molar-refractivity contribution in [2.45, 2.75) is 26.3 Å². The van der Waals surface area contributed by atoms with Gasteiger partial charge in [-0.25, -0.2) is 4.39 Å². The molecule has 0 spiro atoms. The predicted octanol–water partition coefficient (Wildman–Crippen LogP) is 2.79. The quantitative estimate of drug-likeness (QED) is 0.333. The monoisotopic (exact) mass is 449 g/mol. The first kappa shape index (κ1) is 20.7. The van der Waals surface area contributed by atoms with E-state index in [2.05, 4.69) is 15.2 Å². The molecule has 0 aliphatic carbocycles. The van der Waals surface area contributed by atoms with Crippen LogP contribution in [0.3, 0.4) is 0 Å². The summed E-state index contributed by atoms with van der Waals surface area (Å²) in [4.78, 5) is 18.3. The number of carbonyl (C=O) groups excluding carboxylic acids is 1. The van der Waals surface area contributed by atoms with E-state index >= 15 is 0 Å². The largest absolute Gasteiger partial charge is 0.466 e. The van der Waals surface area contributed by atoms with E-state index in [1.165, 1.54) is 12.1 Å². The molecule has 1 atom stereocenters. The Morgan fingerprint density at radius 3 is 2.96 bits per heavy atom. The minimum atomic E-state index is -0.250. The zero-order valence-corrected chi connectivity index (χ0v) is 16.5. The highest BCUT2D eigenvalue weighted by molar-refractivity contribution is 14.0. The van der Waals surface area contributed by atoms with E-state index in [0.29, 0.717) is 19.7 Å². The average Bonchev–Trinajstić information content (AvgIpc) is 2.56. The summed E-state index contributed by atoms with van der Waals surface area (Å²) in [5.74, 6) is 0.220. The molecule has 1 aromatic carbocycles. The van der Waals surface area contributed by atoms with Gasteiger partial charge in [-0.05, 0) is 37.5 Å². The van der Waals surface area contributed by atoms with Gasteiger partial charge in [0.15, 0.2) is 5.96 Å². The van der Waals surface area contributed by atoms with Gasteiger partial charge in [0.1, 0.15) is 5.82 Å². The number of benzene rings is 1. The van der Waals surface area contributed by atoms with E-state index in [1.54, 1.807) is 13.1 Å². The second-order valence-electron chi connectivity index (χ2n) is 5.57. The number of rotatable bonds is 4. The highest BCUT2D eigenvalue weighted by atomic mass is 127. The van der Waals surface area contributed by atoms with Gasteiger partial charge in [-0.15, -0.1) is 24.0 Å². The molecule has 1 N–H and O–H groups in total. The summed E-state index contributed by atoms with van der Waals surface area (Å²) >= 11 is 0. The smallest absolute Gasteiger partial charge is 0.310 e. The molecule has 24 heavy (non-hydrogen) atoms. The second-order valence-corrected chi connectivity index (χ2v) is 5.57. The molecule has 1 aromatic rings. The van der Waals surface area contributed by atoms with Crippen molar-refractivity contribution in [1.82, 2.24) is 10.2 Å². The molecule has 1 saturated heterocycles. The Kier molecular flexibility index (Phi) is 9.02. The minimum absolute atomic E-state index is 0. The van der Waals surface area contributed by atoms with Gasteiger partial charge in [-0.2, -0.15) is 0 Å². The Morgan fingerprint density at radius 2 is 2.29 bits per heavy atom. The SMILES string of the molecule is CCOC(=O)C1CCCN(C(=NC)NCc2cccc(F)c2)C1.I. The van der Waals surface area contributed by atoms with E-state index in [4.69, 9.17) is 4.74 Å². The van der Waals surface area contributed by atoms with E-state index in [1.807, 2.05) is 13.0 Å². The molecule has 1 fully saturated rings. The summed E-state index contributed by atoms with van der Waals surface area (Å²) in [5, 5.41) is 3.23. The van der Waals surface area contributed by atoms with Crippen LogP contribution in [-0.4, -0.2) is 43.6 Å². The minimum Gasteiger partial charge on any atom is -0.466 e. The second kappa shape index (κ2) is 10.5. The number of guanidine groups is 1. The zero-order chi connectivity index (χ0) is 16.7. The van der Waals surface area contributed by atoms with Crippen LogP contribution < -0.4 is 5.32 Å². The number of esters is 1. The van der Waals surface area contributed by atoms with Gasteiger partial charge in [-0.3, -0.25) is 9.79 Å². The average molecular weight is 449 g/mol. The molecule has 0 radical (unpaired) electrons. The number of hydrogen-bond donors (Lipinski definition) is 1. The molecule has 1 unspecified atom stereocenters. The highest BCUT2D eigenvalue weighted by Crippen LogP contribution is 2.18. The van der Waals surface area contributed by atoms with Gasteiger partial charge in [0, 0.05) is 26.7 Å². The lowest BCUT2D eigenvalue weighted by atomic mass is 9.98. The van der Waals surface area contributed by atoms with E-state index < -0.39 is 0 Å². The molecule has 1 aliphatic heterocycles. The lowest BCUT2D eigenvalue weighted by Gasteiger charge is -2.34.